The number of nitrogens with one attached hydrogen (secondary N) is 2. The Morgan fingerprint density at radius 1 is 1.21 bits per heavy atom. The lowest BCUT2D eigenvalue weighted by Crippen LogP contribution is -2.38. The summed E-state index contributed by atoms with van der Waals surface area (Å²) in [6, 6.07) is 9.05. The van der Waals surface area contributed by atoms with Crippen LogP contribution in [0.25, 0.3) is 0 Å². The largest absolute Gasteiger partial charge is 0.356 e. The molecule has 0 radical (unpaired) electrons. The highest BCUT2D eigenvalue weighted by Crippen LogP contribution is 2.18. The molecule has 2 rings (SSSR count). The van der Waals surface area contributed by atoms with Crippen LogP contribution in [0.1, 0.15) is 23.4 Å². The molecule has 0 saturated heterocycles. The zero-order valence-corrected chi connectivity index (χ0v) is 18.0. The number of sulfonamides is 1. The second-order valence-electron chi connectivity index (χ2n) is 6.75. The second-order valence-corrected chi connectivity index (χ2v) is 8.87. The quantitative estimate of drug-likeness (QED) is 0.394. The molecular formula is C19H30N6O2S. The normalized spacial score (nSPS) is 12.4. The van der Waals surface area contributed by atoms with Crippen LogP contribution in [0.15, 0.2) is 40.2 Å². The average Bonchev–Trinajstić information content (AvgIpc) is 2.98. The summed E-state index contributed by atoms with van der Waals surface area (Å²) in [5, 5.41) is 10.9. The molecule has 0 aliphatic rings. The van der Waals surface area contributed by atoms with Crippen molar-refractivity contribution >= 4 is 16.0 Å². The number of hydrogen-bond acceptors (Lipinski definition) is 4. The molecular weight excluding hydrogens is 376 g/mol. The Morgan fingerprint density at radius 3 is 2.54 bits per heavy atom. The summed E-state index contributed by atoms with van der Waals surface area (Å²) in [5.74, 6) is 0.630. The number of benzene rings is 1. The molecule has 0 amide bonds. The molecule has 1 aromatic heterocycles. The number of aryl methyl sites for hydroxylation is 3. The Morgan fingerprint density at radius 2 is 1.93 bits per heavy atom. The van der Waals surface area contributed by atoms with E-state index in [1.165, 1.54) is 18.4 Å². The topological polar surface area (TPSA) is 91.6 Å². The van der Waals surface area contributed by atoms with Gasteiger partial charge >= 0.3 is 0 Å². The van der Waals surface area contributed by atoms with Crippen LogP contribution in [-0.2, 0) is 23.1 Å². The molecule has 0 atom stereocenters. The smallest absolute Gasteiger partial charge is 0.242 e. The minimum Gasteiger partial charge on any atom is -0.356 e. The summed E-state index contributed by atoms with van der Waals surface area (Å²) < 4.78 is 28.2. The van der Waals surface area contributed by atoms with Crippen molar-refractivity contribution < 1.29 is 8.42 Å². The summed E-state index contributed by atoms with van der Waals surface area (Å²) in [5.41, 5.74) is 2.87. The maximum Gasteiger partial charge on any atom is 0.242 e. The molecule has 0 aliphatic heterocycles. The minimum atomic E-state index is -3.49. The maximum absolute atomic E-state index is 12.5. The highest BCUT2D eigenvalue weighted by Gasteiger charge is 2.20. The maximum atomic E-state index is 12.5. The molecule has 154 valence electrons. The predicted molar refractivity (Wildman–Crippen MR) is 112 cm³/mol. The van der Waals surface area contributed by atoms with Gasteiger partial charge in [0.05, 0.1) is 10.6 Å². The lowest BCUT2D eigenvalue weighted by Gasteiger charge is -2.17. The van der Waals surface area contributed by atoms with Crippen molar-refractivity contribution in [1.29, 1.82) is 0 Å². The highest BCUT2D eigenvalue weighted by atomic mass is 32.2. The van der Waals surface area contributed by atoms with E-state index in [-0.39, 0.29) is 0 Å². The summed E-state index contributed by atoms with van der Waals surface area (Å²) in [4.78, 5) is 4.51. The van der Waals surface area contributed by atoms with Crippen LogP contribution < -0.4 is 10.6 Å². The van der Waals surface area contributed by atoms with Gasteiger partial charge in [-0.1, -0.05) is 18.2 Å². The minimum absolute atomic E-state index is 0.299. The molecule has 1 aromatic carbocycles. The van der Waals surface area contributed by atoms with Gasteiger partial charge in [-0.25, -0.2) is 12.7 Å². The summed E-state index contributed by atoms with van der Waals surface area (Å²) in [6.07, 6.45) is 0.897. The van der Waals surface area contributed by atoms with Gasteiger partial charge in [0.1, 0.15) is 0 Å². The highest BCUT2D eigenvalue weighted by molar-refractivity contribution is 7.89. The molecule has 0 aliphatic carbocycles. The Labute approximate surface area is 167 Å². The van der Waals surface area contributed by atoms with Gasteiger partial charge in [-0.3, -0.25) is 9.67 Å². The number of guanidine groups is 1. The van der Waals surface area contributed by atoms with Gasteiger partial charge in [0.15, 0.2) is 5.96 Å². The Bertz CT molecular complexity index is 918. The van der Waals surface area contributed by atoms with E-state index in [4.69, 9.17) is 0 Å². The fourth-order valence-corrected chi connectivity index (χ4v) is 3.95. The van der Waals surface area contributed by atoms with Crippen LogP contribution in [0.4, 0.5) is 0 Å². The van der Waals surface area contributed by atoms with Crippen molar-refractivity contribution in [2.24, 2.45) is 4.99 Å². The van der Waals surface area contributed by atoms with Crippen molar-refractivity contribution in [3.8, 4) is 0 Å². The lowest BCUT2D eigenvalue weighted by molar-refractivity contribution is 0.519. The first-order valence-electron chi connectivity index (χ1n) is 9.21. The zero-order chi connectivity index (χ0) is 20.7. The first kappa shape index (κ1) is 21.9. The van der Waals surface area contributed by atoms with Gasteiger partial charge in [0.2, 0.25) is 10.0 Å². The summed E-state index contributed by atoms with van der Waals surface area (Å²) in [6.45, 7) is 5.96. The van der Waals surface area contributed by atoms with Gasteiger partial charge in [-0.15, -0.1) is 0 Å². The fraction of sp³-hybridized carbons (Fsp3) is 0.474. The number of rotatable bonds is 8. The number of hydrogen-bond donors (Lipinski definition) is 2. The molecule has 0 unspecified atom stereocenters. The first-order chi connectivity index (χ1) is 13.3. The molecule has 0 bridgehead atoms. The van der Waals surface area contributed by atoms with Crippen molar-refractivity contribution in [2.45, 2.75) is 38.3 Å². The van der Waals surface area contributed by atoms with Crippen LogP contribution in [0, 0.1) is 13.8 Å². The Hall–Kier alpha value is -2.39. The molecule has 8 nitrogen and oxygen atoms in total. The van der Waals surface area contributed by atoms with Crippen LogP contribution >= 0.6 is 0 Å². The van der Waals surface area contributed by atoms with Gasteiger partial charge in [0, 0.05) is 46.5 Å². The van der Waals surface area contributed by atoms with Crippen molar-refractivity contribution in [2.75, 3.05) is 27.7 Å². The molecule has 2 N–H and O–H groups in total. The van der Waals surface area contributed by atoms with Gasteiger partial charge in [-0.2, -0.15) is 5.10 Å². The third-order valence-electron chi connectivity index (χ3n) is 4.34. The zero-order valence-electron chi connectivity index (χ0n) is 17.2. The summed E-state index contributed by atoms with van der Waals surface area (Å²) >= 11 is 0. The lowest BCUT2D eigenvalue weighted by atomic mass is 10.2. The molecule has 2 aromatic rings. The Kier molecular flexibility index (Phi) is 7.59. The molecule has 28 heavy (non-hydrogen) atoms. The van der Waals surface area contributed by atoms with E-state index in [1.807, 2.05) is 24.6 Å². The number of aromatic nitrogens is 2. The second kappa shape index (κ2) is 9.70. The van der Waals surface area contributed by atoms with Crippen LogP contribution in [0.3, 0.4) is 0 Å². The van der Waals surface area contributed by atoms with E-state index in [2.05, 4.69) is 26.8 Å². The van der Waals surface area contributed by atoms with Crippen LogP contribution in [0.2, 0.25) is 0 Å². The van der Waals surface area contributed by atoms with E-state index >= 15 is 0 Å². The first-order valence-corrected chi connectivity index (χ1v) is 10.7. The third-order valence-corrected chi connectivity index (χ3v) is 6.26. The molecule has 9 heteroatoms. The molecule has 1 heterocycles. The van der Waals surface area contributed by atoms with Gasteiger partial charge in [-0.05, 0) is 38.0 Å². The Balaban J connectivity index is 1.90. The summed E-state index contributed by atoms with van der Waals surface area (Å²) in [7, 11) is 1.26. The monoisotopic (exact) mass is 406 g/mol. The SMILES string of the molecule is CN=C(NCCCn1nc(C)cc1C)NCc1ccccc1S(=O)(=O)N(C)C. The standard InChI is InChI=1S/C19H30N6O2S/c1-15-13-16(2)25(23-15)12-8-11-21-19(20-3)22-14-17-9-6-7-10-18(17)28(26,27)24(4)5/h6-7,9-10,13H,8,11-12,14H2,1-5H3,(H2,20,21,22). The van der Waals surface area contributed by atoms with Crippen molar-refractivity contribution in [3.63, 3.8) is 0 Å². The van der Waals surface area contributed by atoms with Crippen molar-refractivity contribution in [1.82, 2.24) is 24.7 Å². The molecule has 0 spiro atoms. The van der Waals surface area contributed by atoms with E-state index in [0.29, 0.717) is 23.0 Å². The predicted octanol–water partition coefficient (Wildman–Crippen LogP) is 1.51. The number of nitrogens with zero attached hydrogens (tertiary/aromatic N) is 4. The van der Waals surface area contributed by atoms with E-state index in [0.717, 1.165) is 30.9 Å². The van der Waals surface area contributed by atoms with Crippen molar-refractivity contribution in [3.05, 3.63) is 47.3 Å². The van der Waals surface area contributed by atoms with Gasteiger partial charge in [0.25, 0.3) is 0 Å². The van der Waals surface area contributed by atoms with E-state index in [1.54, 1.807) is 25.2 Å². The molecule has 0 fully saturated rings. The van der Waals surface area contributed by atoms with E-state index in [9.17, 15) is 8.42 Å². The third kappa shape index (κ3) is 5.56. The van der Waals surface area contributed by atoms with Crippen LogP contribution in [0.5, 0.6) is 0 Å². The fourth-order valence-electron chi connectivity index (χ4n) is 2.83. The van der Waals surface area contributed by atoms with Crippen LogP contribution in [-0.4, -0.2) is 56.2 Å². The molecule has 0 saturated carbocycles. The number of aliphatic imine (C=N–C) groups is 1. The van der Waals surface area contributed by atoms with E-state index < -0.39 is 10.0 Å². The van der Waals surface area contributed by atoms with Gasteiger partial charge < -0.3 is 10.6 Å². The average molecular weight is 407 g/mol.